The van der Waals surface area contributed by atoms with Crippen molar-refractivity contribution in [2.75, 3.05) is 14.7 Å². The minimum atomic E-state index is -0.187. The van der Waals surface area contributed by atoms with Gasteiger partial charge in [-0.2, -0.15) is 0 Å². The van der Waals surface area contributed by atoms with E-state index in [9.17, 15) is 0 Å². The van der Waals surface area contributed by atoms with Crippen molar-refractivity contribution < 1.29 is 4.42 Å². The number of hydrogen-bond donors (Lipinski definition) is 0. The van der Waals surface area contributed by atoms with Gasteiger partial charge >= 0.3 is 0 Å². The molecule has 0 saturated heterocycles. The fourth-order valence-corrected chi connectivity index (χ4v) is 15.8. The highest BCUT2D eigenvalue weighted by Gasteiger charge is 2.62. The van der Waals surface area contributed by atoms with Crippen molar-refractivity contribution >= 4 is 90.5 Å². The van der Waals surface area contributed by atoms with Crippen LogP contribution >= 0.6 is 0 Å². The van der Waals surface area contributed by atoms with E-state index in [4.69, 9.17) is 4.42 Å². The quantitative estimate of drug-likeness (QED) is 0.117. The van der Waals surface area contributed by atoms with Gasteiger partial charge in [-0.3, -0.25) is 0 Å². The van der Waals surface area contributed by atoms with Gasteiger partial charge in [-0.1, -0.05) is 245 Å². The van der Waals surface area contributed by atoms with Gasteiger partial charge in [-0.15, -0.1) is 0 Å². The Bertz CT molecular complexity index is 4260. The first-order chi connectivity index (χ1) is 41.5. The van der Waals surface area contributed by atoms with Gasteiger partial charge in [-0.25, -0.2) is 0 Å². The second-order valence-electron chi connectivity index (χ2n) is 32.2. The van der Waals surface area contributed by atoms with Crippen LogP contribution in [0, 0.1) is 0 Å². The summed E-state index contributed by atoms with van der Waals surface area (Å²) in [6.45, 7) is 40.2. The molecule has 5 heteroatoms. The highest BCUT2D eigenvalue weighted by atomic mass is 16.3. The summed E-state index contributed by atoms with van der Waals surface area (Å²) in [6, 6.07) is 71.4. The van der Waals surface area contributed by atoms with Gasteiger partial charge in [0.15, 0.2) is 5.58 Å². The number of nitrogens with zero attached hydrogens (tertiary/aromatic N) is 3. The second-order valence-corrected chi connectivity index (χ2v) is 32.2. The maximum Gasteiger partial charge on any atom is 0.252 e. The Kier molecular flexibility index (Phi) is 13.1. The Hall–Kier alpha value is -7.76. The molecule has 1 saturated carbocycles. The maximum atomic E-state index is 7.25. The highest BCUT2D eigenvalue weighted by molar-refractivity contribution is 7.00. The average Bonchev–Trinajstić information content (AvgIpc) is 1.43. The summed E-state index contributed by atoms with van der Waals surface area (Å²) in [7, 11) is 0. The van der Waals surface area contributed by atoms with E-state index in [-0.39, 0.29) is 50.7 Å². The number of rotatable bonds is 7. The van der Waals surface area contributed by atoms with Gasteiger partial charge in [0.25, 0.3) is 6.71 Å². The fourth-order valence-electron chi connectivity index (χ4n) is 15.8. The van der Waals surface area contributed by atoms with Gasteiger partial charge < -0.3 is 19.1 Å². The Morgan fingerprint density at radius 1 is 0.432 bits per heavy atom. The molecule has 88 heavy (non-hydrogen) atoms. The fraction of sp³-hybridized carbons (Fsp3) is 0.349. The number of benzene rings is 9. The Morgan fingerprint density at radius 2 is 0.932 bits per heavy atom. The van der Waals surface area contributed by atoms with Crippen molar-refractivity contribution in [2.24, 2.45) is 0 Å². The zero-order valence-corrected chi connectivity index (χ0v) is 55.6. The summed E-state index contributed by atoms with van der Waals surface area (Å²) in [6.07, 6.45) is 4.69. The number of anilines is 8. The van der Waals surface area contributed by atoms with Crippen LogP contribution in [0.25, 0.3) is 21.9 Å². The molecule has 9 aromatic carbocycles. The Balaban J connectivity index is 1.12. The van der Waals surface area contributed by atoms with Crippen LogP contribution in [0.1, 0.15) is 199 Å². The van der Waals surface area contributed by atoms with Crippen LogP contribution in [-0.4, -0.2) is 12.3 Å². The molecule has 0 bridgehead atoms. The second kappa shape index (κ2) is 19.9. The molecule has 4 nitrogen and oxygen atoms in total. The predicted octanol–water partition coefficient (Wildman–Crippen LogP) is 21.1. The van der Waals surface area contributed by atoms with Crippen molar-refractivity contribution in [3.63, 3.8) is 0 Å². The zero-order chi connectivity index (χ0) is 62.0. The zero-order valence-electron chi connectivity index (χ0n) is 55.6. The van der Waals surface area contributed by atoms with Crippen LogP contribution in [-0.2, 0) is 32.5 Å². The molecular formula is C83H90BN3O. The lowest BCUT2D eigenvalue weighted by Gasteiger charge is -2.53. The first-order valence-corrected chi connectivity index (χ1v) is 32.8. The molecular weight excluding hydrogens is 1070 g/mol. The van der Waals surface area contributed by atoms with E-state index in [1.54, 1.807) is 0 Å². The van der Waals surface area contributed by atoms with Crippen molar-refractivity contribution in [1.82, 2.24) is 0 Å². The van der Waals surface area contributed by atoms with E-state index >= 15 is 0 Å². The lowest BCUT2D eigenvalue weighted by molar-refractivity contribution is 0.195. The number of hydrogen-bond acceptors (Lipinski definition) is 4. The van der Waals surface area contributed by atoms with Crippen molar-refractivity contribution in [3.05, 3.63) is 232 Å². The third-order valence-corrected chi connectivity index (χ3v) is 21.3. The summed E-state index contributed by atoms with van der Waals surface area (Å²) in [5.74, 6) is -0.0838. The first kappa shape index (κ1) is 58.0. The third kappa shape index (κ3) is 9.12. The van der Waals surface area contributed by atoms with Gasteiger partial charge in [0, 0.05) is 61.9 Å². The summed E-state index contributed by atoms with van der Waals surface area (Å²) in [4.78, 5) is 8.06. The molecule has 0 N–H and O–H groups in total. The monoisotopic (exact) mass is 1160 g/mol. The SMILES string of the molecule is CC(C)(C)c1ccc(C(c2ccc(C(C)(C)C)cc2)c2cc3c4c(c2)N2c5c(cc(C(C)(C)C)cc5C5(C)CCCCC25C)B4c2ccc(N(c4ccc(C(C)(C)C)cc4)c4ccc(C(C)(C)C)cc4)cc2N3c2cccc3c2oc2ccccc23)cc1. The molecule has 446 valence electrons. The molecule has 0 radical (unpaired) electrons. The van der Waals surface area contributed by atoms with Crippen LogP contribution in [0.5, 0.6) is 0 Å². The van der Waals surface area contributed by atoms with Gasteiger partial charge in [0.05, 0.1) is 11.2 Å². The highest BCUT2D eigenvalue weighted by Crippen LogP contribution is 2.63. The molecule has 10 aromatic rings. The van der Waals surface area contributed by atoms with Crippen molar-refractivity contribution in [1.29, 1.82) is 0 Å². The standard InChI is InChI=1S/C83H90BN3O/c1-77(2,3)55-31-27-52(28-32-55)73(53-29-33-56(34-30-53)78(4,5)6)54-47-70-74-71(48-54)87-75-65(82(16)45-20-21-46-83(82,87)17)49-59(81(13,14)15)50-67(75)84(74)66-44-43-62(51-69(66)86(70)68-25-22-24-64-63-23-18-19-26-72(63)88-76(64)68)85(60-39-35-57(36-40-60)79(7,8)9)61-41-37-58(38-42-61)80(10,11)12/h18-19,22-44,47-51,73H,20-21,45-46H2,1-17H3. The molecule has 2 atom stereocenters. The van der Waals surface area contributed by atoms with Crippen LogP contribution < -0.4 is 31.1 Å². The van der Waals surface area contributed by atoms with E-state index < -0.39 is 0 Å². The minimum Gasteiger partial charge on any atom is -0.454 e. The molecule has 1 aromatic heterocycles. The van der Waals surface area contributed by atoms with Gasteiger partial charge in [-0.05, 0) is 174 Å². The number of fused-ring (bicyclic) bond motifs is 10. The largest absolute Gasteiger partial charge is 0.454 e. The number of furan rings is 1. The molecule has 3 aliphatic heterocycles. The van der Waals surface area contributed by atoms with E-state index in [1.165, 1.54) is 96.4 Å². The first-order valence-electron chi connectivity index (χ1n) is 32.8. The average molecular weight is 1160 g/mol. The van der Waals surface area contributed by atoms with Crippen LogP contribution in [0.15, 0.2) is 186 Å². The molecule has 2 unspecified atom stereocenters. The van der Waals surface area contributed by atoms with Crippen LogP contribution in [0.3, 0.4) is 0 Å². The third-order valence-electron chi connectivity index (χ3n) is 21.3. The Morgan fingerprint density at radius 3 is 1.49 bits per heavy atom. The van der Waals surface area contributed by atoms with E-state index in [0.717, 1.165) is 63.2 Å². The van der Waals surface area contributed by atoms with Crippen LogP contribution in [0.2, 0.25) is 0 Å². The lowest BCUT2D eigenvalue weighted by atomic mass is 9.33. The van der Waals surface area contributed by atoms with E-state index in [1.807, 2.05) is 0 Å². The summed E-state index contributed by atoms with van der Waals surface area (Å²) >= 11 is 0. The summed E-state index contributed by atoms with van der Waals surface area (Å²) in [5, 5.41) is 2.24. The smallest absolute Gasteiger partial charge is 0.252 e. The minimum absolute atomic E-state index is 0.00421. The molecule has 0 amide bonds. The normalized spacial score (nSPS) is 18.2. The maximum absolute atomic E-state index is 7.25. The number of para-hydroxylation sites is 2. The Labute approximate surface area is 526 Å². The summed E-state index contributed by atoms with van der Waals surface area (Å²) in [5.41, 5.74) is 27.1. The lowest BCUT2D eigenvalue weighted by Crippen LogP contribution is -2.64. The van der Waals surface area contributed by atoms with Crippen molar-refractivity contribution in [2.45, 2.75) is 187 Å². The molecule has 14 rings (SSSR count). The molecule has 1 aliphatic carbocycles. The topological polar surface area (TPSA) is 22.9 Å². The van der Waals surface area contributed by atoms with Gasteiger partial charge in [0.2, 0.25) is 0 Å². The van der Waals surface area contributed by atoms with E-state index in [0.29, 0.717) is 0 Å². The molecule has 0 spiro atoms. The molecule has 4 heterocycles. The van der Waals surface area contributed by atoms with Gasteiger partial charge in [0.1, 0.15) is 5.58 Å². The molecule has 4 aliphatic rings. The van der Waals surface area contributed by atoms with Crippen molar-refractivity contribution in [3.8, 4) is 0 Å². The van der Waals surface area contributed by atoms with Crippen LogP contribution in [0.4, 0.5) is 45.5 Å². The molecule has 1 fully saturated rings. The predicted molar refractivity (Wildman–Crippen MR) is 378 cm³/mol. The van der Waals surface area contributed by atoms with E-state index in [2.05, 4.69) is 314 Å². The summed E-state index contributed by atoms with van der Waals surface area (Å²) < 4.78 is 7.25.